The van der Waals surface area contributed by atoms with E-state index in [2.05, 4.69) is 18.7 Å². The van der Waals surface area contributed by atoms with Crippen molar-refractivity contribution in [3.05, 3.63) is 24.8 Å². The number of hydrogen-bond acceptors (Lipinski definition) is 1. The normalized spacial score (nSPS) is 11.2. The van der Waals surface area contributed by atoms with Crippen LogP contribution in [0.25, 0.3) is 0 Å². The maximum absolute atomic E-state index is 5.48. The molecular formula is C19H37N. The number of allylic oxidation sites excluding steroid dienone is 3. The fraction of sp³-hybridized carbons (Fsp3) is 0.789. The monoisotopic (exact) mass is 279 g/mol. The van der Waals surface area contributed by atoms with Crippen molar-refractivity contribution in [2.24, 2.45) is 5.73 Å². The van der Waals surface area contributed by atoms with E-state index in [4.69, 9.17) is 5.73 Å². The molecule has 1 nitrogen and oxygen atoms in total. The standard InChI is InChI=1S/C19H37N/c1-2-3-4-5-6-7-8-9-10-11-12-13-14-15-16-17-18-19-20/h2,10-11H,1,3-9,12-20H2/b11-10-. The fourth-order valence-electron chi connectivity index (χ4n) is 2.43. The number of nitrogens with two attached hydrogens (primary N) is 1. The highest BCUT2D eigenvalue weighted by molar-refractivity contribution is 4.81. The van der Waals surface area contributed by atoms with Gasteiger partial charge in [0.1, 0.15) is 0 Å². The van der Waals surface area contributed by atoms with Gasteiger partial charge in [0.15, 0.2) is 0 Å². The lowest BCUT2D eigenvalue weighted by Crippen LogP contribution is -1.97. The molecule has 0 bridgehead atoms. The Hall–Kier alpha value is -0.560. The second-order valence-corrected chi connectivity index (χ2v) is 5.80. The topological polar surface area (TPSA) is 26.0 Å². The van der Waals surface area contributed by atoms with Crippen LogP contribution in [0.3, 0.4) is 0 Å². The van der Waals surface area contributed by atoms with Crippen LogP contribution in [0.4, 0.5) is 0 Å². The molecule has 0 atom stereocenters. The number of rotatable bonds is 16. The second-order valence-electron chi connectivity index (χ2n) is 5.80. The van der Waals surface area contributed by atoms with Gasteiger partial charge in [0, 0.05) is 0 Å². The average Bonchev–Trinajstić information content (AvgIpc) is 2.47. The molecule has 118 valence electrons. The Labute approximate surface area is 127 Å². The maximum Gasteiger partial charge on any atom is -0.00773 e. The van der Waals surface area contributed by atoms with Gasteiger partial charge < -0.3 is 5.73 Å². The van der Waals surface area contributed by atoms with Crippen LogP contribution in [0, 0.1) is 0 Å². The Bertz CT molecular complexity index is 208. The largest absolute Gasteiger partial charge is 0.330 e. The zero-order chi connectivity index (χ0) is 14.7. The highest BCUT2D eigenvalue weighted by Crippen LogP contribution is 2.09. The van der Waals surface area contributed by atoms with Crippen LogP contribution in [-0.4, -0.2) is 6.54 Å². The lowest BCUT2D eigenvalue weighted by molar-refractivity contribution is 0.599. The summed E-state index contributed by atoms with van der Waals surface area (Å²) in [6.07, 6.45) is 25.4. The number of hydrogen-bond donors (Lipinski definition) is 1. The van der Waals surface area contributed by atoms with Crippen molar-refractivity contribution >= 4 is 0 Å². The van der Waals surface area contributed by atoms with E-state index >= 15 is 0 Å². The van der Waals surface area contributed by atoms with E-state index in [9.17, 15) is 0 Å². The zero-order valence-corrected chi connectivity index (χ0v) is 13.6. The summed E-state index contributed by atoms with van der Waals surface area (Å²) in [4.78, 5) is 0. The van der Waals surface area contributed by atoms with Crippen molar-refractivity contribution < 1.29 is 0 Å². The lowest BCUT2D eigenvalue weighted by Gasteiger charge is -1.99. The van der Waals surface area contributed by atoms with Gasteiger partial charge in [0.05, 0.1) is 0 Å². The summed E-state index contributed by atoms with van der Waals surface area (Å²) in [6.45, 7) is 4.61. The third-order valence-electron chi connectivity index (χ3n) is 3.77. The molecule has 0 spiro atoms. The Morgan fingerprint density at radius 3 is 1.40 bits per heavy atom. The summed E-state index contributed by atoms with van der Waals surface area (Å²) in [5.74, 6) is 0. The minimum atomic E-state index is 0.858. The highest BCUT2D eigenvalue weighted by Gasteiger charge is 1.90. The molecule has 0 aliphatic carbocycles. The lowest BCUT2D eigenvalue weighted by atomic mass is 10.1. The molecule has 0 unspecified atom stereocenters. The summed E-state index contributed by atoms with van der Waals surface area (Å²) >= 11 is 0. The SMILES string of the molecule is C=CCCCCCCC/C=C\CCCCCCCCN. The van der Waals surface area contributed by atoms with E-state index in [1.165, 1.54) is 89.9 Å². The summed E-state index contributed by atoms with van der Waals surface area (Å²) in [5, 5.41) is 0. The van der Waals surface area contributed by atoms with Crippen molar-refractivity contribution in [1.82, 2.24) is 0 Å². The molecule has 0 radical (unpaired) electrons. The van der Waals surface area contributed by atoms with Crippen LogP contribution in [0.15, 0.2) is 24.8 Å². The molecular weight excluding hydrogens is 242 g/mol. The van der Waals surface area contributed by atoms with Gasteiger partial charge in [-0.05, 0) is 51.5 Å². The maximum atomic E-state index is 5.48. The van der Waals surface area contributed by atoms with Gasteiger partial charge in [-0.25, -0.2) is 0 Å². The molecule has 1 heteroatoms. The minimum Gasteiger partial charge on any atom is -0.330 e. The first-order valence-electron chi connectivity index (χ1n) is 8.87. The summed E-state index contributed by atoms with van der Waals surface area (Å²) in [6, 6.07) is 0. The third kappa shape index (κ3) is 17.4. The Kier molecular flexibility index (Phi) is 17.9. The molecule has 0 heterocycles. The summed E-state index contributed by atoms with van der Waals surface area (Å²) < 4.78 is 0. The van der Waals surface area contributed by atoms with Crippen molar-refractivity contribution in [3.8, 4) is 0 Å². The molecule has 0 saturated heterocycles. The molecule has 0 aromatic heterocycles. The molecule has 0 aromatic rings. The van der Waals surface area contributed by atoms with Crippen molar-refractivity contribution in [2.45, 2.75) is 89.9 Å². The van der Waals surface area contributed by atoms with Gasteiger partial charge in [-0.1, -0.05) is 63.2 Å². The van der Waals surface area contributed by atoms with Crippen LogP contribution in [0.1, 0.15) is 89.9 Å². The quantitative estimate of drug-likeness (QED) is 0.266. The molecule has 0 amide bonds. The number of unbranched alkanes of at least 4 members (excludes halogenated alkanes) is 12. The van der Waals surface area contributed by atoms with Gasteiger partial charge in [-0.2, -0.15) is 0 Å². The first-order chi connectivity index (χ1) is 9.91. The summed E-state index contributed by atoms with van der Waals surface area (Å²) in [5.41, 5.74) is 5.48. The predicted molar refractivity (Wildman–Crippen MR) is 93.0 cm³/mol. The van der Waals surface area contributed by atoms with E-state index < -0.39 is 0 Å². The molecule has 0 saturated carbocycles. The zero-order valence-electron chi connectivity index (χ0n) is 13.6. The van der Waals surface area contributed by atoms with Crippen LogP contribution < -0.4 is 5.73 Å². The third-order valence-corrected chi connectivity index (χ3v) is 3.77. The predicted octanol–water partition coefficient (Wildman–Crippen LogP) is 6.15. The van der Waals surface area contributed by atoms with Gasteiger partial charge in [-0.15, -0.1) is 6.58 Å². The van der Waals surface area contributed by atoms with E-state index in [-0.39, 0.29) is 0 Å². The van der Waals surface area contributed by atoms with Gasteiger partial charge in [0.25, 0.3) is 0 Å². The average molecular weight is 280 g/mol. The second kappa shape index (κ2) is 18.4. The van der Waals surface area contributed by atoms with E-state index in [1.807, 2.05) is 6.08 Å². The highest BCUT2D eigenvalue weighted by atomic mass is 14.5. The van der Waals surface area contributed by atoms with Crippen LogP contribution >= 0.6 is 0 Å². The van der Waals surface area contributed by atoms with E-state index in [0.717, 1.165) is 6.54 Å². The fourth-order valence-corrected chi connectivity index (χ4v) is 2.43. The van der Waals surface area contributed by atoms with E-state index in [1.54, 1.807) is 0 Å². The molecule has 2 N–H and O–H groups in total. The van der Waals surface area contributed by atoms with Crippen molar-refractivity contribution in [2.75, 3.05) is 6.54 Å². The van der Waals surface area contributed by atoms with Crippen LogP contribution in [-0.2, 0) is 0 Å². The molecule has 0 aliphatic heterocycles. The van der Waals surface area contributed by atoms with Crippen LogP contribution in [0.5, 0.6) is 0 Å². The molecule has 0 aromatic carbocycles. The Balaban J connectivity index is 3.03. The summed E-state index contributed by atoms with van der Waals surface area (Å²) in [7, 11) is 0. The molecule has 20 heavy (non-hydrogen) atoms. The molecule has 0 rings (SSSR count). The first-order valence-corrected chi connectivity index (χ1v) is 8.87. The Morgan fingerprint density at radius 2 is 0.950 bits per heavy atom. The van der Waals surface area contributed by atoms with Gasteiger partial charge in [-0.3, -0.25) is 0 Å². The van der Waals surface area contributed by atoms with Gasteiger partial charge in [0.2, 0.25) is 0 Å². The molecule has 0 aliphatic rings. The van der Waals surface area contributed by atoms with Crippen molar-refractivity contribution in [3.63, 3.8) is 0 Å². The Morgan fingerprint density at radius 1 is 0.550 bits per heavy atom. The van der Waals surface area contributed by atoms with E-state index in [0.29, 0.717) is 0 Å². The molecule has 0 fully saturated rings. The smallest absolute Gasteiger partial charge is 0.00773 e. The first kappa shape index (κ1) is 19.4. The van der Waals surface area contributed by atoms with Crippen molar-refractivity contribution in [1.29, 1.82) is 0 Å². The van der Waals surface area contributed by atoms with Gasteiger partial charge >= 0.3 is 0 Å². The minimum absolute atomic E-state index is 0.858. The van der Waals surface area contributed by atoms with Crippen LogP contribution in [0.2, 0.25) is 0 Å².